The number of aromatic nitrogens is 2. The van der Waals surface area contributed by atoms with Crippen molar-refractivity contribution in [1.29, 1.82) is 0 Å². The van der Waals surface area contributed by atoms with E-state index in [0.717, 1.165) is 17.0 Å². The molecule has 1 aliphatic rings. The van der Waals surface area contributed by atoms with Crippen LogP contribution in [0.25, 0.3) is 0 Å². The third kappa shape index (κ3) is 2.80. The molecule has 1 aliphatic heterocycles. The first-order chi connectivity index (χ1) is 10.1. The van der Waals surface area contributed by atoms with Crippen LogP contribution in [0.4, 0.5) is 0 Å². The number of likely N-dealkylation sites (tertiary alicyclic amines) is 1. The van der Waals surface area contributed by atoms with E-state index in [2.05, 4.69) is 15.5 Å². The largest absolute Gasteiger partial charge is 0.360 e. The van der Waals surface area contributed by atoms with E-state index in [9.17, 15) is 4.79 Å². The van der Waals surface area contributed by atoms with Crippen molar-refractivity contribution >= 4 is 5.91 Å². The maximum Gasteiger partial charge on any atom is 0.224 e. The van der Waals surface area contributed by atoms with Gasteiger partial charge >= 0.3 is 0 Å². The lowest BCUT2D eigenvalue weighted by Gasteiger charge is -2.25. The van der Waals surface area contributed by atoms with E-state index in [4.69, 9.17) is 4.52 Å². The molecule has 6 heteroatoms. The molecule has 6 nitrogen and oxygen atoms in total. The van der Waals surface area contributed by atoms with Crippen molar-refractivity contribution < 1.29 is 9.32 Å². The molecule has 0 saturated carbocycles. The SMILES string of the molecule is Cc1cc(CN[C@@H]2CC(=O)N(C)[C@H]2c2cccnc2)on1. The molecule has 1 amide bonds. The second-order valence-corrected chi connectivity index (χ2v) is 5.36. The highest BCUT2D eigenvalue weighted by atomic mass is 16.5. The van der Waals surface area contributed by atoms with E-state index in [-0.39, 0.29) is 18.0 Å². The summed E-state index contributed by atoms with van der Waals surface area (Å²) in [7, 11) is 1.83. The van der Waals surface area contributed by atoms with Gasteiger partial charge in [-0.1, -0.05) is 11.2 Å². The van der Waals surface area contributed by atoms with Crippen LogP contribution < -0.4 is 5.32 Å². The van der Waals surface area contributed by atoms with Gasteiger partial charge in [-0.2, -0.15) is 0 Å². The number of aryl methyl sites for hydroxylation is 1. The highest BCUT2D eigenvalue weighted by Crippen LogP contribution is 2.31. The minimum Gasteiger partial charge on any atom is -0.360 e. The van der Waals surface area contributed by atoms with Gasteiger partial charge in [-0.05, 0) is 18.6 Å². The number of nitrogens with one attached hydrogen (secondary N) is 1. The Kier molecular flexibility index (Phi) is 3.70. The molecule has 110 valence electrons. The van der Waals surface area contributed by atoms with Gasteiger partial charge in [0, 0.05) is 38.0 Å². The predicted octanol–water partition coefficient (Wildman–Crippen LogP) is 1.44. The number of carbonyl (C=O) groups excluding carboxylic acids is 1. The van der Waals surface area contributed by atoms with E-state index < -0.39 is 0 Å². The van der Waals surface area contributed by atoms with Crippen molar-refractivity contribution in [2.45, 2.75) is 32.0 Å². The Morgan fingerprint density at radius 3 is 3.05 bits per heavy atom. The van der Waals surface area contributed by atoms with Gasteiger partial charge in [0.15, 0.2) is 5.76 Å². The van der Waals surface area contributed by atoms with Crippen LogP contribution in [0.1, 0.15) is 29.5 Å². The van der Waals surface area contributed by atoms with Gasteiger partial charge in [-0.15, -0.1) is 0 Å². The average molecular weight is 286 g/mol. The van der Waals surface area contributed by atoms with Crippen LogP contribution in [0.5, 0.6) is 0 Å². The number of rotatable bonds is 4. The van der Waals surface area contributed by atoms with Crippen LogP contribution in [0.15, 0.2) is 35.1 Å². The van der Waals surface area contributed by atoms with E-state index in [1.807, 2.05) is 38.4 Å². The minimum atomic E-state index is -0.00443. The zero-order valence-corrected chi connectivity index (χ0v) is 12.1. The zero-order chi connectivity index (χ0) is 14.8. The Balaban J connectivity index is 1.75. The fourth-order valence-corrected chi connectivity index (χ4v) is 2.79. The number of likely N-dealkylation sites (N-methyl/N-ethyl adjacent to an activating group) is 1. The molecule has 0 radical (unpaired) electrons. The Morgan fingerprint density at radius 2 is 2.38 bits per heavy atom. The minimum absolute atomic E-state index is 0.00443. The molecule has 0 unspecified atom stereocenters. The third-order valence-corrected chi connectivity index (χ3v) is 3.83. The number of pyridine rings is 1. The molecule has 0 spiro atoms. The smallest absolute Gasteiger partial charge is 0.224 e. The summed E-state index contributed by atoms with van der Waals surface area (Å²) in [5.41, 5.74) is 1.90. The first kappa shape index (κ1) is 13.8. The molecule has 0 bridgehead atoms. The van der Waals surface area contributed by atoms with Gasteiger partial charge in [0.25, 0.3) is 0 Å². The quantitative estimate of drug-likeness (QED) is 0.921. The lowest BCUT2D eigenvalue weighted by molar-refractivity contribution is -0.127. The third-order valence-electron chi connectivity index (χ3n) is 3.83. The number of carbonyl (C=O) groups is 1. The number of nitrogens with zero attached hydrogens (tertiary/aromatic N) is 3. The van der Waals surface area contributed by atoms with E-state index in [0.29, 0.717) is 13.0 Å². The van der Waals surface area contributed by atoms with Gasteiger partial charge in [0.2, 0.25) is 5.91 Å². The standard InChI is InChI=1S/C15H18N4O2/c1-10-6-12(21-18-10)9-17-13-7-14(20)19(2)15(13)11-4-3-5-16-8-11/h3-6,8,13,15,17H,7,9H2,1-2H3/t13-,15+/m1/s1. The molecule has 2 aromatic rings. The van der Waals surface area contributed by atoms with Gasteiger partial charge < -0.3 is 14.7 Å². The number of hydrogen-bond acceptors (Lipinski definition) is 5. The van der Waals surface area contributed by atoms with Crippen LogP contribution in [0.2, 0.25) is 0 Å². The molecule has 1 fully saturated rings. The summed E-state index contributed by atoms with van der Waals surface area (Å²) in [5, 5.41) is 7.26. The van der Waals surface area contributed by atoms with E-state index >= 15 is 0 Å². The normalized spacial score (nSPS) is 22.0. The topological polar surface area (TPSA) is 71.3 Å². The molecule has 2 aromatic heterocycles. The molecule has 0 aromatic carbocycles. The molecule has 3 heterocycles. The Hall–Kier alpha value is -2.21. The maximum absolute atomic E-state index is 12.0. The first-order valence-electron chi connectivity index (χ1n) is 6.96. The zero-order valence-electron chi connectivity index (χ0n) is 12.1. The number of amides is 1. The van der Waals surface area contributed by atoms with Crippen LogP contribution in [0.3, 0.4) is 0 Å². The molecular formula is C15H18N4O2. The summed E-state index contributed by atoms with van der Waals surface area (Å²) < 4.78 is 5.20. The molecule has 21 heavy (non-hydrogen) atoms. The molecule has 1 saturated heterocycles. The van der Waals surface area contributed by atoms with Crippen molar-refractivity contribution in [2.75, 3.05) is 7.05 Å². The van der Waals surface area contributed by atoms with Crippen molar-refractivity contribution in [2.24, 2.45) is 0 Å². The Bertz CT molecular complexity index is 626. The van der Waals surface area contributed by atoms with Crippen molar-refractivity contribution in [3.8, 4) is 0 Å². The Morgan fingerprint density at radius 1 is 1.52 bits per heavy atom. The molecule has 1 N–H and O–H groups in total. The second-order valence-electron chi connectivity index (χ2n) is 5.36. The van der Waals surface area contributed by atoms with Crippen LogP contribution in [-0.4, -0.2) is 34.0 Å². The molecular weight excluding hydrogens is 268 g/mol. The van der Waals surface area contributed by atoms with Crippen LogP contribution >= 0.6 is 0 Å². The fourth-order valence-electron chi connectivity index (χ4n) is 2.79. The van der Waals surface area contributed by atoms with Crippen molar-refractivity contribution in [1.82, 2.24) is 20.4 Å². The predicted molar refractivity (Wildman–Crippen MR) is 76.2 cm³/mol. The maximum atomic E-state index is 12.0. The van der Waals surface area contributed by atoms with Gasteiger partial charge in [0.05, 0.1) is 18.3 Å². The highest BCUT2D eigenvalue weighted by Gasteiger charge is 2.38. The fraction of sp³-hybridized carbons (Fsp3) is 0.400. The lowest BCUT2D eigenvalue weighted by Crippen LogP contribution is -2.34. The van der Waals surface area contributed by atoms with Crippen LogP contribution in [-0.2, 0) is 11.3 Å². The van der Waals surface area contributed by atoms with Gasteiger partial charge in [0.1, 0.15) is 0 Å². The average Bonchev–Trinajstić information content (AvgIpc) is 3.02. The van der Waals surface area contributed by atoms with Gasteiger partial charge in [-0.3, -0.25) is 9.78 Å². The summed E-state index contributed by atoms with van der Waals surface area (Å²) in [5.74, 6) is 0.912. The summed E-state index contributed by atoms with van der Waals surface area (Å²) in [6.07, 6.45) is 4.02. The summed E-state index contributed by atoms with van der Waals surface area (Å²) in [6, 6.07) is 5.82. The molecule has 2 atom stereocenters. The van der Waals surface area contributed by atoms with Crippen LogP contribution in [0, 0.1) is 6.92 Å². The molecule has 3 rings (SSSR count). The highest BCUT2D eigenvalue weighted by molar-refractivity contribution is 5.80. The molecule has 0 aliphatic carbocycles. The Labute approximate surface area is 123 Å². The monoisotopic (exact) mass is 286 g/mol. The van der Waals surface area contributed by atoms with E-state index in [1.165, 1.54) is 0 Å². The van der Waals surface area contributed by atoms with E-state index in [1.54, 1.807) is 11.1 Å². The number of hydrogen-bond donors (Lipinski definition) is 1. The van der Waals surface area contributed by atoms with Crippen molar-refractivity contribution in [3.63, 3.8) is 0 Å². The second kappa shape index (κ2) is 5.65. The summed E-state index contributed by atoms with van der Waals surface area (Å²) in [6.45, 7) is 2.45. The van der Waals surface area contributed by atoms with Gasteiger partial charge in [-0.25, -0.2) is 0 Å². The summed E-state index contributed by atoms with van der Waals surface area (Å²) in [4.78, 5) is 17.9. The summed E-state index contributed by atoms with van der Waals surface area (Å²) >= 11 is 0. The van der Waals surface area contributed by atoms with Crippen molar-refractivity contribution in [3.05, 3.63) is 47.6 Å². The first-order valence-corrected chi connectivity index (χ1v) is 6.96. The lowest BCUT2D eigenvalue weighted by atomic mass is 10.0.